The molecule has 0 saturated heterocycles. The van der Waals surface area contributed by atoms with Crippen LogP contribution in [0.5, 0.6) is 5.75 Å². The van der Waals surface area contributed by atoms with Crippen molar-refractivity contribution in [1.82, 2.24) is 4.98 Å². The molecular weight excluding hydrogens is 286 g/mol. The van der Waals surface area contributed by atoms with E-state index >= 15 is 0 Å². The molecule has 2 aromatic carbocycles. The Bertz CT molecular complexity index is 808. The Balaban J connectivity index is 1.61. The summed E-state index contributed by atoms with van der Waals surface area (Å²) < 4.78 is 5.74. The van der Waals surface area contributed by atoms with Crippen LogP contribution in [0.1, 0.15) is 11.1 Å². The summed E-state index contributed by atoms with van der Waals surface area (Å²) in [6, 6.07) is 21.1. The zero-order valence-electron chi connectivity index (χ0n) is 12.4. The van der Waals surface area contributed by atoms with Crippen molar-refractivity contribution in [2.45, 2.75) is 6.61 Å². The first kappa shape index (κ1) is 14.6. The van der Waals surface area contributed by atoms with Gasteiger partial charge in [-0.15, -0.1) is 0 Å². The fourth-order valence-corrected chi connectivity index (χ4v) is 2.11. The third kappa shape index (κ3) is 4.08. The highest BCUT2D eigenvalue weighted by molar-refractivity contribution is 5.61. The summed E-state index contributed by atoms with van der Waals surface area (Å²) in [5.41, 5.74) is 3.54. The smallest absolute Gasteiger partial charge is 0.119 e. The average molecular weight is 301 g/mol. The molecule has 3 rings (SSSR count). The van der Waals surface area contributed by atoms with Gasteiger partial charge in [-0.1, -0.05) is 6.07 Å². The number of pyridine rings is 1. The molecule has 0 aliphatic carbocycles. The van der Waals surface area contributed by atoms with E-state index in [1.54, 1.807) is 18.5 Å². The van der Waals surface area contributed by atoms with Gasteiger partial charge in [0.25, 0.3) is 0 Å². The standard InChI is InChI=1S/C19H15N3O/c20-13-16-2-1-3-18(12-16)22-17-4-6-19(7-5-17)23-14-15-8-10-21-11-9-15/h1-12,22H,14H2. The lowest BCUT2D eigenvalue weighted by Crippen LogP contribution is -1.96. The number of nitrogens with zero attached hydrogens (tertiary/aromatic N) is 2. The molecule has 0 aliphatic heterocycles. The molecule has 0 spiro atoms. The lowest BCUT2D eigenvalue weighted by Gasteiger charge is -2.09. The first-order valence-corrected chi connectivity index (χ1v) is 7.22. The Morgan fingerprint density at radius 2 is 1.74 bits per heavy atom. The maximum absolute atomic E-state index is 8.92. The maximum atomic E-state index is 8.92. The Morgan fingerprint density at radius 3 is 2.48 bits per heavy atom. The highest BCUT2D eigenvalue weighted by Gasteiger charge is 1.99. The largest absolute Gasteiger partial charge is 0.489 e. The van der Waals surface area contributed by atoms with Crippen LogP contribution in [0.4, 0.5) is 11.4 Å². The molecule has 1 aromatic heterocycles. The van der Waals surface area contributed by atoms with E-state index in [0.717, 1.165) is 22.7 Å². The zero-order chi connectivity index (χ0) is 15.9. The molecule has 4 nitrogen and oxygen atoms in total. The minimum absolute atomic E-state index is 0.513. The SMILES string of the molecule is N#Cc1cccc(Nc2ccc(OCc3ccncc3)cc2)c1. The quantitative estimate of drug-likeness (QED) is 0.764. The van der Waals surface area contributed by atoms with Crippen molar-refractivity contribution in [2.75, 3.05) is 5.32 Å². The predicted octanol–water partition coefficient (Wildman–Crippen LogP) is 4.28. The summed E-state index contributed by atoms with van der Waals surface area (Å²) in [5, 5.41) is 12.2. The number of benzene rings is 2. The normalized spacial score (nSPS) is 9.87. The van der Waals surface area contributed by atoms with Crippen molar-refractivity contribution < 1.29 is 4.74 Å². The molecule has 23 heavy (non-hydrogen) atoms. The second-order valence-electron chi connectivity index (χ2n) is 4.99. The average Bonchev–Trinajstić information content (AvgIpc) is 2.62. The highest BCUT2D eigenvalue weighted by atomic mass is 16.5. The van der Waals surface area contributed by atoms with Gasteiger partial charge >= 0.3 is 0 Å². The molecule has 3 aromatic rings. The molecule has 0 saturated carbocycles. The van der Waals surface area contributed by atoms with Gasteiger partial charge < -0.3 is 10.1 Å². The number of rotatable bonds is 5. The van der Waals surface area contributed by atoms with E-state index < -0.39 is 0 Å². The molecule has 1 N–H and O–H groups in total. The number of hydrogen-bond donors (Lipinski definition) is 1. The molecule has 0 radical (unpaired) electrons. The monoisotopic (exact) mass is 301 g/mol. The van der Waals surface area contributed by atoms with Crippen LogP contribution >= 0.6 is 0 Å². The number of nitriles is 1. The Labute approximate surface area is 135 Å². The van der Waals surface area contributed by atoms with Gasteiger partial charge in [0.2, 0.25) is 0 Å². The topological polar surface area (TPSA) is 57.9 Å². The number of aromatic nitrogens is 1. The second-order valence-corrected chi connectivity index (χ2v) is 4.99. The van der Waals surface area contributed by atoms with E-state index in [1.165, 1.54) is 0 Å². The summed E-state index contributed by atoms with van der Waals surface area (Å²) in [4.78, 5) is 3.98. The van der Waals surface area contributed by atoms with Crippen molar-refractivity contribution in [1.29, 1.82) is 5.26 Å². The molecule has 4 heteroatoms. The predicted molar refractivity (Wildman–Crippen MR) is 89.5 cm³/mol. The van der Waals surface area contributed by atoms with E-state index in [9.17, 15) is 0 Å². The summed E-state index contributed by atoms with van der Waals surface area (Å²) >= 11 is 0. The van der Waals surface area contributed by atoms with Crippen molar-refractivity contribution in [3.05, 3.63) is 84.2 Å². The van der Waals surface area contributed by atoms with Gasteiger partial charge in [0.05, 0.1) is 11.6 Å². The lowest BCUT2D eigenvalue weighted by atomic mass is 10.2. The lowest BCUT2D eigenvalue weighted by molar-refractivity contribution is 0.306. The molecule has 0 unspecified atom stereocenters. The van der Waals surface area contributed by atoms with Gasteiger partial charge in [0, 0.05) is 23.8 Å². The molecule has 0 atom stereocenters. The van der Waals surface area contributed by atoms with Gasteiger partial charge in [-0.05, 0) is 60.2 Å². The summed E-state index contributed by atoms with van der Waals surface area (Å²) in [7, 11) is 0. The van der Waals surface area contributed by atoms with E-state index in [4.69, 9.17) is 10.00 Å². The fraction of sp³-hybridized carbons (Fsp3) is 0.0526. The Kier molecular flexibility index (Phi) is 4.51. The number of nitrogens with one attached hydrogen (secondary N) is 1. The maximum Gasteiger partial charge on any atom is 0.119 e. The molecule has 0 fully saturated rings. The number of anilines is 2. The summed E-state index contributed by atoms with van der Waals surface area (Å²) in [6.07, 6.45) is 3.50. The Morgan fingerprint density at radius 1 is 0.957 bits per heavy atom. The van der Waals surface area contributed by atoms with Crippen LogP contribution in [-0.4, -0.2) is 4.98 Å². The third-order valence-corrected chi connectivity index (χ3v) is 3.29. The molecule has 0 bridgehead atoms. The van der Waals surface area contributed by atoms with Crippen molar-refractivity contribution in [3.63, 3.8) is 0 Å². The fourth-order valence-electron chi connectivity index (χ4n) is 2.11. The Hall–Kier alpha value is -3.32. The molecule has 0 aliphatic rings. The summed E-state index contributed by atoms with van der Waals surface area (Å²) in [6.45, 7) is 0.513. The van der Waals surface area contributed by atoms with Crippen LogP contribution in [-0.2, 0) is 6.61 Å². The van der Waals surface area contributed by atoms with Crippen LogP contribution in [0.25, 0.3) is 0 Å². The first-order chi connectivity index (χ1) is 11.3. The number of ether oxygens (including phenoxy) is 1. The molecular formula is C19H15N3O. The van der Waals surface area contributed by atoms with E-state index in [2.05, 4.69) is 16.4 Å². The van der Waals surface area contributed by atoms with Gasteiger partial charge in [0.15, 0.2) is 0 Å². The van der Waals surface area contributed by atoms with Crippen molar-refractivity contribution in [2.24, 2.45) is 0 Å². The van der Waals surface area contributed by atoms with Gasteiger partial charge in [0.1, 0.15) is 12.4 Å². The van der Waals surface area contributed by atoms with Crippen LogP contribution in [0.3, 0.4) is 0 Å². The summed E-state index contributed by atoms with van der Waals surface area (Å²) in [5.74, 6) is 0.804. The van der Waals surface area contributed by atoms with Gasteiger partial charge in [-0.3, -0.25) is 4.98 Å². The van der Waals surface area contributed by atoms with E-state index in [0.29, 0.717) is 12.2 Å². The number of hydrogen-bond acceptors (Lipinski definition) is 4. The van der Waals surface area contributed by atoms with E-state index in [1.807, 2.05) is 54.6 Å². The molecule has 0 amide bonds. The van der Waals surface area contributed by atoms with Crippen LogP contribution < -0.4 is 10.1 Å². The third-order valence-electron chi connectivity index (χ3n) is 3.29. The first-order valence-electron chi connectivity index (χ1n) is 7.22. The van der Waals surface area contributed by atoms with Gasteiger partial charge in [-0.25, -0.2) is 0 Å². The highest BCUT2D eigenvalue weighted by Crippen LogP contribution is 2.21. The van der Waals surface area contributed by atoms with Crippen LogP contribution in [0.15, 0.2) is 73.1 Å². The van der Waals surface area contributed by atoms with Crippen molar-refractivity contribution >= 4 is 11.4 Å². The molecule has 1 heterocycles. The van der Waals surface area contributed by atoms with E-state index in [-0.39, 0.29) is 0 Å². The van der Waals surface area contributed by atoms with Crippen LogP contribution in [0.2, 0.25) is 0 Å². The van der Waals surface area contributed by atoms with Crippen LogP contribution in [0, 0.1) is 11.3 Å². The minimum Gasteiger partial charge on any atom is -0.489 e. The second kappa shape index (κ2) is 7.10. The molecule has 112 valence electrons. The van der Waals surface area contributed by atoms with Gasteiger partial charge in [-0.2, -0.15) is 5.26 Å². The van der Waals surface area contributed by atoms with Crippen molar-refractivity contribution in [3.8, 4) is 11.8 Å². The minimum atomic E-state index is 0.513. The zero-order valence-corrected chi connectivity index (χ0v) is 12.4.